The van der Waals surface area contributed by atoms with Crippen molar-refractivity contribution in [1.82, 2.24) is 5.43 Å². The number of carbonyl (C=O) groups is 2. The molecular weight excluding hydrogens is 473 g/mol. The van der Waals surface area contributed by atoms with Gasteiger partial charge in [0.1, 0.15) is 0 Å². The SMILES string of the molecule is CCOc1cc(/C=N\NC(=O)C(=O)Nc2ccccc2Cl)cc(I)c1O. The predicted molar refractivity (Wildman–Crippen MR) is 108 cm³/mol. The summed E-state index contributed by atoms with van der Waals surface area (Å²) in [5.41, 5.74) is 3.04. The average molecular weight is 488 g/mol. The van der Waals surface area contributed by atoms with Crippen molar-refractivity contribution in [2.75, 3.05) is 11.9 Å². The number of hydrazone groups is 1. The molecule has 0 bridgehead atoms. The number of aromatic hydroxyl groups is 1. The van der Waals surface area contributed by atoms with Crippen LogP contribution >= 0.6 is 34.2 Å². The van der Waals surface area contributed by atoms with E-state index in [4.69, 9.17) is 16.3 Å². The molecule has 0 fully saturated rings. The van der Waals surface area contributed by atoms with Crippen LogP contribution in [0.25, 0.3) is 0 Å². The zero-order chi connectivity index (χ0) is 19.1. The lowest BCUT2D eigenvalue weighted by atomic mass is 10.2. The van der Waals surface area contributed by atoms with E-state index in [0.29, 0.717) is 32.2 Å². The number of hydrogen-bond donors (Lipinski definition) is 3. The Morgan fingerprint density at radius 3 is 2.73 bits per heavy atom. The normalized spacial score (nSPS) is 10.6. The second kappa shape index (κ2) is 9.39. The van der Waals surface area contributed by atoms with Crippen molar-refractivity contribution in [3.8, 4) is 11.5 Å². The number of rotatable bonds is 5. The largest absolute Gasteiger partial charge is 0.504 e. The van der Waals surface area contributed by atoms with Gasteiger partial charge in [-0.25, -0.2) is 5.43 Å². The first-order valence-electron chi connectivity index (χ1n) is 7.46. The van der Waals surface area contributed by atoms with E-state index in [1.54, 1.807) is 43.3 Å². The number of phenols is 1. The van der Waals surface area contributed by atoms with Crippen LogP contribution in [0.15, 0.2) is 41.5 Å². The number of hydrogen-bond acceptors (Lipinski definition) is 5. The monoisotopic (exact) mass is 487 g/mol. The summed E-state index contributed by atoms with van der Waals surface area (Å²) in [6.07, 6.45) is 1.34. The van der Waals surface area contributed by atoms with E-state index in [0.717, 1.165) is 0 Å². The van der Waals surface area contributed by atoms with Gasteiger partial charge >= 0.3 is 11.8 Å². The summed E-state index contributed by atoms with van der Waals surface area (Å²) in [7, 11) is 0. The number of para-hydroxylation sites is 1. The van der Waals surface area contributed by atoms with Crippen LogP contribution in [0.1, 0.15) is 12.5 Å². The lowest BCUT2D eigenvalue weighted by Crippen LogP contribution is -2.32. The molecule has 3 N–H and O–H groups in total. The molecule has 0 spiro atoms. The van der Waals surface area contributed by atoms with Gasteiger partial charge in [0.15, 0.2) is 11.5 Å². The Bertz CT molecular complexity index is 858. The van der Waals surface area contributed by atoms with Crippen molar-refractivity contribution in [3.63, 3.8) is 0 Å². The molecule has 0 unspecified atom stereocenters. The van der Waals surface area contributed by atoms with E-state index in [2.05, 4.69) is 15.8 Å². The van der Waals surface area contributed by atoms with E-state index in [1.165, 1.54) is 6.21 Å². The lowest BCUT2D eigenvalue weighted by Gasteiger charge is -2.08. The third kappa shape index (κ3) is 5.33. The van der Waals surface area contributed by atoms with Gasteiger partial charge in [-0.05, 0) is 59.3 Å². The molecule has 0 radical (unpaired) electrons. The summed E-state index contributed by atoms with van der Waals surface area (Å²) in [5.74, 6) is -1.50. The first-order chi connectivity index (χ1) is 12.4. The number of benzene rings is 2. The number of phenolic OH excluding ortho intramolecular Hbond substituents is 1. The summed E-state index contributed by atoms with van der Waals surface area (Å²) in [5, 5.41) is 16.3. The van der Waals surface area contributed by atoms with Crippen molar-refractivity contribution >= 4 is 57.9 Å². The zero-order valence-corrected chi connectivity index (χ0v) is 16.5. The molecule has 0 aliphatic carbocycles. The summed E-state index contributed by atoms with van der Waals surface area (Å²) in [6.45, 7) is 2.19. The van der Waals surface area contributed by atoms with E-state index < -0.39 is 11.8 Å². The Morgan fingerprint density at radius 2 is 2.04 bits per heavy atom. The fourth-order valence-electron chi connectivity index (χ4n) is 1.89. The molecule has 2 aromatic rings. The Morgan fingerprint density at radius 1 is 1.31 bits per heavy atom. The Labute approximate surface area is 168 Å². The quantitative estimate of drug-likeness (QED) is 0.261. The Balaban J connectivity index is 2.00. The average Bonchev–Trinajstić information content (AvgIpc) is 2.61. The second-order valence-electron chi connectivity index (χ2n) is 4.92. The van der Waals surface area contributed by atoms with Crippen LogP contribution < -0.4 is 15.5 Å². The third-order valence-electron chi connectivity index (χ3n) is 3.06. The minimum Gasteiger partial charge on any atom is -0.504 e. The molecule has 0 atom stereocenters. The standard InChI is InChI=1S/C17H15ClIN3O4/c1-2-26-14-8-10(7-12(19)15(14)23)9-20-22-17(25)16(24)21-13-6-4-3-5-11(13)18/h3-9,23H,2H2,1H3,(H,21,24)(H,22,25)/b20-9-. The Kier molecular flexibility index (Phi) is 7.22. The van der Waals surface area contributed by atoms with Crippen molar-refractivity contribution in [2.45, 2.75) is 6.92 Å². The molecular formula is C17H15ClIN3O4. The minimum atomic E-state index is -0.945. The van der Waals surface area contributed by atoms with Crippen molar-refractivity contribution in [3.05, 3.63) is 50.6 Å². The van der Waals surface area contributed by atoms with Gasteiger partial charge in [0.05, 0.1) is 27.1 Å². The summed E-state index contributed by atoms with van der Waals surface area (Å²) < 4.78 is 5.89. The van der Waals surface area contributed by atoms with Crippen LogP contribution in [-0.4, -0.2) is 29.7 Å². The molecule has 9 heteroatoms. The number of ether oxygens (including phenoxy) is 1. The molecule has 7 nitrogen and oxygen atoms in total. The number of halogens is 2. The number of nitrogens with one attached hydrogen (secondary N) is 2. The van der Waals surface area contributed by atoms with Gasteiger partial charge < -0.3 is 15.2 Å². The zero-order valence-electron chi connectivity index (χ0n) is 13.6. The van der Waals surface area contributed by atoms with Crippen LogP contribution in [0, 0.1) is 3.57 Å². The number of amides is 2. The maximum Gasteiger partial charge on any atom is 0.329 e. The van der Waals surface area contributed by atoms with Crippen molar-refractivity contribution in [1.29, 1.82) is 0 Å². The highest BCUT2D eigenvalue weighted by molar-refractivity contribution is 14.1. The van der Waals surface area contributed by atoms with Crippen LogP contribution in [-0.2, 0) is 9.59 Å². The Hall–Kier alpha value is -2.33. The van der Waals surface area contributed by atoms with Gasteiger partial charge in [-0.1, -0.05) is 23.7 Å². The predicted octanol–water partition coefficient (Wildman–Crippen LogP) is 3.14. The first kappa shape index (κ1) is 20.0. The van der Waals surface area contributed by atoms with E-state index >= 15 is 0 Å². The van der Waals surface area contributed by atoms with Gasteiger partial charge in [0, 0.05) is 0 Å². The lowest BCUT2D eigenvalue weighted by molar-refractivity contribution is -0.136. The second-order valence-corrected chi connectivity index (χ2v) is 6.48. The van der Waals surface area contributed by atoms with Crippen LogP contribution in [0.3, 0.4) is 0 Å². The highest BCUT2D eigenvalue weighted by atomic mass is 127. The number of carbonyl (C=O) groups excluding carboxylic acids is 2. The molecule has 0 heterocycles. The van der Waals surface area contributed by atoms with E-state index in [9.17, 15) is 14.7 Å². The highest BCUT2D eigenvalue weighted by Crippen LogP contribution is 2.32. The van der Waals surface area contributed by atoms with Crippen molar-refractivity contribution in [2.24, 2.45) is 5.10 Å². The fourth-order valence-corrected chi connectivity index (χ4v) is 2.70. The van der Waals surface area contributed by atoms with Crippen LogP contribution in [0.5, 0.6) is 11.5 Å². The smallest absolute Gasteiger partial charge is 0.329 e. The summed E-state index contributed by atoms with van der Waals surface area (Å²) >= 11 is 7.87. The highest BCUT2D eigenvalue weighted by Gasteiger charge is 2.14. The number of nitrogens with zero attached hydrogens (tertiary/aromatic N) is 1. The van der Waals surface area contributed by atoms with Crippen LogP contribution in [0.2, 0.25) is 5.02 Å². The van der Waals surface area contributed by atoms with Gasteiger partial charge in [0.25, 0.3) is 0 Å². The minimum absolute atomic E-state index is 0.0350. The van der Waals surface area contributed by atoms with Gasteiger partial charge in [-0.15, -0.1) is 0 Å². The molecule has 2 amide bonds. The van der Waals surface area contributed by atoms with Gasteiger partial charge in [0.2, 0.25) is 0 Å². The van der Waals surface area contributed by atoms with Gasteiger partial charge in [-0.3, -0.25) is 9.59 Å². The summed E-state index contributed by atoms with van der Waals surface area (Å²) in [4.78, 5) is 23.6. The molecule has 0 aliphatic rings. The van der Waals surface area contributed by atoms with E-state index in [-0.39, 0.29) is 5.75 Å². The third-order valence-corrected chi connectivity index (χ3v) is 4.21. The molecule has 0 aromatic heterocycles. The maximum atomic E-state index is 11.8. The maximum absolute atomic E-state index is 11.8. The van der Waals surface area contributed by atoms with E-state index in [1.807, 2.05) is 22.6 Å². The first-order valence-corrected chi connectivity index (χ1v) is 8.92. The molecule has 0 aliphatic heterocycles. The molecule has 0 saturated carbocycles. The van der Waals surface area contributed by atoms with Crippen molar-refractivity contribution < 1.29 is 19.4 Å². The molecule has 2 aromatic carbocycles. The molecule has 2 rings (SSSR count). The summed E-state index contributed by atoms with van der Waals surface area (Å²) in [6, 6.07) is 9.77. The van der Waals surface area contributed by atoms with Crippen LogP contribution in [0.4, 0.5) is 5.69 Å². The molecule has 136 valence electrons. The molecule has 0 saturated heterocycles. The van der Waals surface area contributed by atoms with Gasteiger partial charge in [-0.2, -0.15) is 5.10 Å². The fraction of sp³-hybridized carbons (Fsp3) is 0.118. The molecule has 26 heavy (non-hydrogen) atoms. The topological polar surface area (TPSA) is 100 Å². The number of anilines is 1.